The van der Waals surface area contributed by atoms with Gasteiger partial charge in [0.05, 0.1) is 5.56 Å². The molecule has 1 aromatic heterocycles. The van der Waals surface area contributed by atoms with E-state index in [4.69, 9.17) is 0 Å². The molecule has 20 heavy (non-hydrogen) atoms. The maximum Gasteiger partial charge on any atom is 0.271 e. The van der Waals surface area contributed by atoms with Crippen molar-refractivity contribution in [1.82, 2.24) is 15.4 Å². The van der Waals surface area contributed by atoms with Gasteiger partial charge in [0.15, 0.2) is 0 Å². The van der Waals surface area contributed by atoms with Crippen molar-refractivity contribution in [2.24, 2.45) is 13.0 Å². The number of nitrogens with zero attached hydrogens (tertiary/aromatic N) is 1. The van der Waals surface area contributed by atoms with Crippen LogP contribution < -0.4 is 10.9 Å². The molecule has 0 saturated carbocycles. The van der Waals surface area contributed by atoms with E-state index < -0.39 is 0 Å². The van der Waals surface area contributed by atoms with Crippen molar-refractivity contribution >= 4 is 22.7 Å². The van der Waals surface area contributed by atoms with Crippen molar-refractivity contribution in [2.75, 3.05) is 0 Å². The highest BCUT2D eigenvalue weighted by molar-refractivity contribution is 6.07. The van der Waals surface area contributed by atoms with E-state index in [2.05, 4.69) is 10.9 Å². The zero-order valence-electron chi connectivity index (χ0n) is 11.9. The summed E-state index contributed by atoms with van der Waals surface area (Å²) in [6, 6.07) is 7.65. The smallest absolute Gasteiger partial charge is 0.271 e. The number of para-hydroxylation sites is 1. The topological polar surface area (TPSA) is 63.1 Å². The molecule has 1 heterocycles. The number of carbonyl (C=O) groups is 2. The lowest BCUT2D eigenvalue weighted by atomic mass is 10.1. The molecule has 2 N–H and O–H groups in total. The molecule has 0 fully saturated rings. The van der Waals surface area contributed by atoms with Crippen LogP contribution in [0.2, 0.25) is 0 Å². The van der Waals surface area contributed by atoms with Crippen LogP contribution in [0.4, 0.5) is 0 Å². The van der Waals surface area contributed by atoms with Crippen molar-refractivity contribution in [1.29, 1.82) is 0 Å². The molecular weight excluding hydrogens is 254 g/mol. The van der Waals surface area contributed by atoms with Gasteiger partial charge in [-0.3, -0.25) is 20.4 Å². The molecule has 0 aliphatic carbocycles. The number of amides is 2. The summed E-state index contributed by atoms with van der Waals surface area (Å²) in [6.07, 6.45) is 2.14. The number of rotatable bonds is 3. The Bertz CT molecular complexity index is 644. The van der Waals surface area contributed by atoms with E-state index in [1.807, 2.05) is 49.7 Å². The highest BCUT2D eigenvalue weighted by Gasteiger charge is 2.14. The van der Waals surface area contributed by atoms with E-state index in [0.717, 1.165) is 10.9 Å². The van der Waals surface area contributed by atoms with Gasteiger partial charge in [-0.15, -0.1) is 0 Å². The third-order valence-electron chi connectivity index (χ3n) is 3.05. The van der Waals surface area contributed by atoms with Crippen molar-refractivity contribution in [2.45, 2.75) is 20.3 Å². The van der Waals surface area contributed by atoms with Crippen LogP contribution in [-0.4, -0.2) is 16.4 Å². The van der Waals surface area contributed by atoms with Gasteiger partial charge >= 0.3 is 0 Å². The molecule has 0 bridgehead atoms. The summed E-state index contributed by atoms with van der Waals surface area (Å²) < 4.78 is 1.89. The minimum Gasteiger partial charge on any atom is -0.350 e. The van der Waals surface area contributed by atoms with E-state index in [1.54, 1.807) is 6.20 Å². The number of aromatic nitrogens is 1. The summed E-state index contributed by atoms with van der Waals surface area (Å²) in [5, 5.41) is 0.866. The maximum atomic E-state index is 12.1. The van der Waals surface area contributed by atoms with E-state index in [-0.39, 0.29) is 17.7 Å². The Balaban J connectivity index is 2.10. The van der Waals surface area contributed by atoms with Crippen LogP contribution in [-0.2, 0) is 11.8 Å². The fraction of sp³-hybridized carbons (Fsp3) is 0.333. The van der Waals surface area contributed by atoms with Crippen molar-refractivity contribution in [3.63, 3.8) is 0 Å². The standard InChI is InChI=1S/C15H19N3O2/c1-10(2)8-14(19)16-17-15(20)12-9-18(3)13-7-5-4-6-11(12)13/h4-7,9-10H,8H2,1-3H3,(H,16,19)(H,17,20). The highest BCUT2D eigenvalue weighted by atomic mass is 16.2. The number of fused-ring (bicyclic) bond motifs is 1. The quantitative estimate of drug-likeness (QED) is 0.840. The van der Waals surface area contributed by atoms with Crippen molar-refractivity contribution in [3.8, 4) is 0 Å². The Morgan fingerprint density at radius 1 is 1.20 bits per heavy atom. The molecule has 0 radical (unpaired) electrons. The molecule has 5 nitrogen and oxygen atoms in total. The van der Waals surface area contributed by atoms with Gasteiger partial charge in [-0.1, -0.05) is 32.0 Å². The summed E-state index contributed by atoms with van der Waals surface area (Å²) in [4.78, 5) is 23.7. The fourth-order valence-corrected chi connectivity index (χ4v) is 2.14. The number of hydrogen-bond acceptors (Lipinski definition) is 2. The lowest BCUT2D eigenvalue weighted by Crippen LogP contribution is -2.41. The van der Waals surface area contributed by atoms with Crippen LogP contribution in [0.25, 0.3) is 10.9 Å². The molecule has 0 saturated heterocycles. The predicted molar refractivity (Wildman–Crippen MR) is 78.0 cm³/mol. The van der Waals surface area contributed by atoms with E-state index in [9.17, 15) is 9.59 Å². The first-order chi connectivity index (χ1) is 9.49. The largest absolute Gasteiger partial charge is 0.350 e. The van der Waals surface area contributed by atoms with Gasteiger partial charge in [0.25, 0.3) is 5.91 Å². The fourth-order valence-electron chi connectivity index (χ4n) is 2.14. The van der Waals surface area contributed by atoms with Gasteiger partial charge in [0, 0.05) is 30.6 Å². The summed E-state index contributed by atoms with van der Waals surface area (Å²) in [6.45, 7) is 3.90. The number of nitrogens with one attached hydrogen (secondary N) is 2. The molecule has 1 aromatic carbocycles. The highest BCUT2D eigenvalue weighted by Crippen LogP contribution is 2.19. The lowest BCUT2D eigenvalue weighted by Gasteiger charge is -2.08. The number of benzene rings is 1. The Hall–Kier alpha value is -2.30. The van der Waals surface area contributed by atoms with Gasteiger partial charge in [0.2, 0.25) is 5.91 Å². The maximum absolute atomic E-state index is 12.1. The molecule has 106 valence electrons. The number of aryl methyl sites for hydroxylation is 1. The Morgan fingerprint density at radius 3 is 2.60 bits per heavy atom. The molecule has 0 aliphatic rings. The summed E-state index contributed by atoms with van der Waals surface area (Å²) in [5.74, 6) is -0.239. The molecule has 0 unspecified atom stereocenters. The minimum absolute atomic E-state index is 0.186. The van der Waals surface area contributed by atoms with Crippen molar-refractivity contribution in [3.05, 3.63) is 36.0 Å². The SMILES string of the molecule is CC(C)CC(=O)NNC(=O)c1cn(C)c2ccccc12. The molecule has 0 atom stereocenters. The second kappa shape index (κ2) is 5.77. The zero-order chi connectivity index (χ0) is 14.7. The van der Waals surface area contributed by atoms with Crippen LogP contribution in [0, 0.1) is 5.92 Å². The van der Waals surface area contributed by atoms with Crippen LogP contribution in [0.1, 0.15) is 30.6 Å². The third kappa shape index (κ3) is 2.99. The molecule has 2 aromatic rings. The molecular formula is C15H19N3O2. The van der Waals surface area contributed by atoms with E-state index >= 15 is 0 Å². The minimum atomic E-state index is -0.307. The monoisotopic (exact) mass is 273 g/mol. The van der Waals surface area contributed by atoms with Gasteiger partial charge in [-0.05, 0) is 12.0 Å². The van der Waals surface area contributed by atoms with Gasteiger partial charge in [-0.25, -0.2) is 0 Å². The van der Waals surface area contributed by atoms with Crippen molar-refractivity contribution < 1.29 is 9.59 Å². The molecule has 0 spiro atoms. The zero-order valence-corrected chi connectivity index (χ0v) is 11.9. The Morgan fingerprint density at radius 2 is 1.90 bits per heavy atom. The van der Waals surface area contributed by atoms with Crippen LogP contribution in [0.3, 0.4) is 0 Å². The average molecular weight is 273 g/mol. The van der Waals surface area contributed by atoms with Gasteiger partial charge < -0.3 is 4.57 Å². The molecule has 2 rings (SSSR count). The summed E-state index contributed by atoms with van der Waals surface area (Å²) >= 11 is 0. The average Bonchev–Trinajstić information content (AvgIpc) is 2.73. The molecule has 0 aliphatic heterocycles. The molecule has 5 heteroatoms. The predicted octanol–water partition coefficient (Wildman–Crippen LogP) is 1.99. The first kappa shape index (κ1) is 14.1. The van der Waals surface area contributed by atoms with E-state index in [1.165, 1.54) is 0 Å². The number of hydrogen-bond donors (Lipinski definition) is 2. The van der Waals surface area contributed by atoms with Crippen LogP contribution in [0.5, 0.6) is 0 Å². The van der Waals surface area contributed by atoms with Crippen LogP contribution >= 0.6 is 0 Å². The first-order valence-electron chi connectivity index (χ1n) is 6.62. The van der Waals surface area contributed by atoms with E-state index in [0.29, 0.717) is 12.0 Å². The second-order valence-corrected chi connectivity index (χ2v) is 5.27. The van der Waals surface area contributed by atoms with Crippen LogP contribution in [0.15, 0.2) is 30.5 Å². The Kier molecular flexibility index (Phi) is 4.08. The number of hydrazine groups is 1. The Labute approximate surface area is 117 Å². The normalized spacial score (nSPS) is 10.8. The first-order valence-corrected chi connectivity index (χ1v) is 6.62. The van der Waals surface area contributed by atoms with Gasteiger partial charge in [-0.2, -0.15) is 0 Å². The number of carbonyl (C=O) groups excluding carboxylic acids is 2. The molecule has 2 amide bonds. The summed E-state index contributed by atoms with van der Waals surface area (Å²) in [5.41, 5.74) is 6.42. The third-order valence-corrected chi connectivity index (χ3v) is 3.05. The lowest BCUT2D eigenvalue weighted by molar-refractivity contribution is -0.122. The second-order valence-electron chi connectivity index (χ2n) is 5.27. The van der Waals surface area contributed by atoms with Gasteiger partial charge in [0.1, 0.15) is 0 Å². The summed E-state index contributed by atoms with van der Waals surface area (Å²) in [7, 11) is 1.89.